The third kappa shape index (κ3) is 18.1. The van der Waals surface area contributed by atoms with Gasteiger partial charge in [0.25, 0.3) is 0 Å². The van der Waals surface area contributed by atoms with Gasteiger partial charge in [-0.1, -0.05) is 96.6 Å². The van der Waals surface area contributed by atoms with Crippen LogP contribution in [0.2, 0.25) is 0 Å². The molecule has 0 radical (unpaired) electrons. The number of hydrogen-bond donors (Lipinski definition) is 5. The number of allylic oxidation sites excluding steroid dienone is 2. The Morgan fingerprint density at radius 3 is 1.79 bits per heavy atom. The van der Waals surface area contributed by atoms with Crippen LogP contribution in [0.15, 0.2) is 12.2 Å². The van der Waals surface area contributed by atoms with Gasteiger partial charge in [0.15, 0.2) is 0 Å². The Morgan fingerprint density at radius 1 is 0.727 bits per heavy atom. The van der Waals surface area contributed by atoms with E-state index in [1.165, 1.54) is 51.4 Å². The van der Waals surface area contributed by atoms with Crippen LogP contribution in [0.1, 0.15) is 123 Å². The normalized spacial score (nSPS) is 15.5. The summed E-state index contributed by atoms with van der Waals surface area (Å²) in [6.45, 7) is 3.74. The second kappa shape index (κ2) is 22.8. The lowest BCUT2D eigenvalue weighted by Gasteiger charge is -2.27. The van der Waals surface area contributed by atoms with E-state index in [0.717, 1.165) is 44.9 Å². The first-order valence-electron chi connectivity index (χ1n) is 13.6. The number of rotatable bonds is 23. The lowest BCUT2D eigenvalue weighted by Crippen LogP contribution is -2.53. The average molecular weight is 472 g/mol. The molecule has 4 atom stereocenters. The van der Waals surface area contributed by atoms with E-state index in [-0.39, 0.29) is 0 Å². The molecule has 196 valence electrons. The van der Waals surface area contributed by atoms with Crippen LogP contribution in [0.3, 0.4) is 0 Å². The molecule has 4 unspecified atom stereocenters. The summed E-state index contributed by atoms with van der Waals surface area (Å²) in [6.07, 6.45) is 19.1. The number of carbonyl (C=O) groups excluding carboxylic acids is 1. The lowest BCUT2D eigenvalue weighted by atomic mass is 10.0. The van der Waals surface area contributed by atoms with Crippen LogP contribution < -0.4 is 5.32 Å². The fourth-order valence-electron chi connectivity index (χ4n) is 3.91. The van der Waals surface area contributed by atoms with Crippen LogP contribution in [0.5, 0.6) is 0 Å². The topological polar surface area (TPSA) is 110 Å². The smallest absolute Gasteiger partial charge is 0.249 e. The molecule has 33 heavy (non-hydrogen) atoms. The monoisotopic (exact) mass is 471 g/mol. The molecule has 5 N–H and O–H groups in total. The van der Waals surface area contributed by atoms with Gasteiger partial charge in [-0.25, -0.2) is 0 Å². The molecule has 6 nitrogen and oxygen atoms in total. The van der Waals surface area contributed by atoms with E-state index < -0.39 is 36.9 Å². The minimum atomic E-state index is -1.25. The third-order valence-electron chi connectivity index (χ3n) is 6.23. The van der Waals surface area contributed by atoms with Crippen molar-refractivity contribution in [3.8, 4) is 0 Å². The second-order valence-electron chi connectivity index (χ2n) is 9.39. The molecule has 0 spiro atoms. The summed E-state index contributed by atoms with van der Waals surface area (Å²) in [5.74, 6) is -0.607. The van der Waals surface area contributed by atoms with Crippen molar-refractivity contribution in [1.29, 1.82) is 0 Å². The highest BCUT2D eigenvalue weighted by molar-refractivity contribution is 5.80. The van der Waals surface area contributed by atoms with E-state index in [9.17, 15) is 25.2 Å². The van der Waals surface area contributed by atoms with Crippen molar-refractivity contribution < 1.29 is 25.2 Å². The van der Waals surface area contributed by atoms with E-state index in [0.29, 0.717) is 12.8 Å². The molecular formula is C27H53NO5. The Morgan fingerprint density at radius 2 is 1.24 bits per heavy atom. The standard InChI is InChI=1S/C27H53NO5/c1-3-5-7-8-9-10-11-12-13-14-15-16-17-18-19-21-25(31)27(33)28-23(22-29)26(32)24(30)20-6-4-2/h13-14,23-26,29-32H,3-12,15-22H2,1-2H3,(H,28,33)/b14-13-. The Kier molecular flexibility index (Phi) is 22.2. The summed E-state index contributed by atoms with van der Waals surface area (Å²) >= 11 is 0. The zero-order chi connectivity index (χ0) is 24.7. The Balaban J connectivity index is 3.78. The summed E-state index contributed by atoms with van der Waals surface area (Å²) in [5, 5.41) is 42.1. The van der Waals surface area contributed by atoms with Gasteiger partial charge < -0.3 is 25.7 Å². The number of aliphatic hydroxyl groups is 4. The van der Waals surface area contributed by atoms with Gasteiger partial charge in [-0.05, 0) is 38.5 Å². The molecule has 0 rings (SSSR count). The Bertz CT molecular complexity index is 471. The zero-order valence-electron chi connectivity index (χ0n) is 21.4. The van der Waals surface area contributed by atoms with Crippen LogP contribution in [-0.2, 0) is 4.79 Å². The van der Waals surface area contributed by atoms with Gasteiger partial charge >= 0.3 is 0 Å². The van der Waals surface area contributed by atoms with Gasteiger partial charge in [0.1, 0.15) is 12.2 Å². The summed E-state index contributed by atoms with van der Waals surface area (Å²) in [4.78, 5) is 12.2. The van der Waals surface area contributed by atoms with Gasteiger partial charge in [-0.2, -0.15) is 0 Å². The summed E-state index contributed by atoms with van der Waals surface area (Å²) < 4.78 is 0. The fraction of sp³-hybridized carbons (Fsp3) is 0.889. The number of nitrogens with one attached hydrogen (secondary N) is 1. The van der Waals surface area contributed by atoms with Gasteiger partial charge in [0.05, 0.1) is 18.8 Å². The van der Waals surface area contributed by atoms with Gasteiger partial charge in [0, 0.05) is 0 Å². The highest BCUT2D eigenvalue weighted by atomic mass is 16.3. The number of aliphatic hydroxyl groups excluding tert-OH is 4. The van der Waals surface area contributed by atoms with Crippen molar-refractivity contribution in [2.24, 2.45) is 0 Å². The molecule has 0 aromatic heterocycles. The maximum absolute atomic E-state index is 12.2. The van der Waals surface area contributed by atoms with Gasteiger partial charge in [0.2, 0.25) is 5.91 Å². The Hall–Kier alpha value is -0.950. The molecule has 0 aliphatic rings. The summed E-state index contributed by atoms with van der Waals surface area (Å²) in [5.41, 5.74) is 0. The molecule has 0 heterocycles. The molecular weight excluding hydrogens is 418 g/mol. The van der Waals surface area contributed by atoms with Crippen LogP contribution in [0.4, 0.5) is 0 Å². The predicted molar refractivity (Wildman–Crippen MR) is 136 cm³/mol. The molecule has 0 fully saturated rings. The molecule has 0 saturated heterocycles. The first-order chi connectivity index (χ1) is 16.0. The zero-order valence-corrected chi connectivity index (χ0v) is 21.4. The number of amides is 1. The minimum Gasteiger partial charge on any atom is -0.394 e. The molecule has 0 aromatic rings. The quantitative estimate of drug-likeness (QED) is 0.109. The molecule has 0 aliphatic carbocycles. The van der Waals surface area contributed by atoms with E-state index in [1.807, 2.05) is 6.92 Å². The van der Waals surface area contributed by atoms with Crippen LogP contribution in [0, 0.1) is 0 Å². The van der Waals surface area contributed by atoms with Crippen molar-refractivity contribution >= 4 is 5.91 Å². The highest BCUT2D eigenvalue weighted by Gasteiger charge is 2.28. The average Bonchev–Trinajstić information content (AvgIpc) is 2.82. The number of unbranched alkanes of at least 4 members (excludes halogenated alkanes) is 12. The van der Waals surface area contributed by atoms with Crippen molar-refractivity contribution in [2.75, 3.05) is 6.61 Å². The van der Waals surface area contributed by atoms with Gasteiger partial charge in [-0.15, -0.1) is 0 Å². The van der Waals surface area contributed by atoms with Crippen molar-refractivity contribution in [2.45, 2.75) is 147 Å². The minimum absolute atomic E-state index is 0.354. The summed E-state index contributed by atoms with van der Waals surface area (Å²) in [6, 6.07) is -0.980. The van der Waals surface area contributed by atoms with E-state index in [4.69, 9.17) is 0 Å². The molecule has 0 aliphatic heterocycles. The highest BCUT2D eigenvalue weighted by Crippen LogP contribution is 2.12. The van der Waals surface area contributed by atoms with Crippen LogP contribution >= 0.6 is 0 Å². The van der Waals surface area contributed by atoms with Crippen molar-refractivity contribution in [1.82, 2.24) is 5.32 Å². The fourth-order valence-corrected chi connectivity index (χ4v) is 3.91. The summed E-state index contributed by atoms with van der Waals surface area (Å²) in [7, 11) is 0. The first-order valence-corrected chi connectivity index (χ1v) is 13.6. The van der Waals surface area contributed by atoms with Gasteiger partial charge in [-0.3, -0.25) is 4.79 Å². The maximum atomic E-state index is 12.2. The van der Waals surface area contributed by atoms with Crippen molar-refractivity contribution in [3.05, 3.63) is 12.2 Å². The van der Waals surface area contributed by atoms with Crippen LogP contribution in [-0.4, -0.2) is 57.3 Å². The molecule has 0 bridgehead atoms. The van der Waals surface area contributed by atoms with Crippen LogP contribution in [0.25, 0.3) is 0 Å². The number of carbonyl (C=O) groups is 1. The predicted octanol–water partition coefficient (Wildman–Crippen LogP) is 4.77. The first kappa shape index (κ1) is 32.0. The van der Waals surface area contributed by atoms with Crippen molar-refractivity contribution in [3.63, 3.8) is 0 Å². The molecule has 1 amide bonds. The van der Waals surface area contributed by atoms with E-state index in [1.54, 1.807) is 0 Å². The maximum Gasteiger partial charge on any atom is 0.249 e. The SMILES string of the molecule is CCCCCCCCC/C=C\CCCCCCC(O)C(=O)NC(CO)C(O)C(O)CCCC. The second-order valence-corrected chi connectivity index (χ2v) is 9.39. The molecule has 6 heteroatoms. The third-order valence-corrected chi connectivity index (χ3v) is 6.23. The number of hydrogen-bond acceptors (Lipinski definition) is 5. The van der Waals surface area contributed by atoms with E-state index >= 15 is 0 Å². The molecule has 0 aromatic carbocycles. The molecule has 0 saturated carbocycles. The largest absolute Gasteiger partial charge is 0.394 e. The lowest BCUT2D eigenvalue weighted by molar-refractivity contribution is -0.132. The van der Waals surface area contributed by atoms with E-state index in [2.05, 4.69) is 24.4 Å². The Labute approximate surface area is 202 Å².